The third-order valence-corrected chi connectivity index (χ3v) is 4.46. The van der Waals surface area contributed by atoms with Crippen molar-refractivity contribution in [1.29, 1.82) is 0 Å². The molecule has 1 aromatic heterocycles. The predicted molar refractivity (Wildman–Crippen MR) is 79.4 cm³/mol. The van der Waals surface area contributed by atoms with Crippen LogP contribution < -0.4 is 11.3 Å². The lowest BCUT2D eigenvalue weighted by Crippen LogP contribution is -2.41. The minimum absolute atomic E-state index is 0.227. The van der Waals surface area contributed by atoms with Gasteiger partial charge in [0.2, 0.25) is 0 Å². The van der Waals surface area contributed by atoms with Crippen molar-refractivity contribution >= 4 is 0 Å². The van der Waals surface area contributed by atoms with E-state index >= 15 is 0 Å². The van der Waals surface area contributed by atoms with Gasteiger partial charge in [0.25, 0.3) is 0 Å². The van der Waals surface area contributed by atoms with Crippen molar-refractivity contribution in [3.05, 3.63) is 29.6 Å². The highest BCUT2D eigenvalue weighted by Crippen LogP contribution is 2.51. The molecule has 0 amide bonds. The molecule has 0 bridgehead atoms. The molecule has 0 radical (unpaired) electrons. The van der Waals surface area contributed by atoms with E-state index in [0.29, 0.717) is 11.3 Å². The van der Waals surface area contributed by atoms with Crippen LogP contribution in [0.3, 0.4) is 0 Å². The van der Waals surface area contributed by atoms with E-state index in [4.69, 9.17) is 5.84 Å². The first-order valence-electron chi connectivity index (χ1n) is 7.46. The summed E-state index contributed by atoms with van der Waals surface area (Å²) >= 11 is 0. The molecule has 1 heterocycles. The fourth-order valence-electron chi connectivity index (χ4n) is 3.78. The number of hydrogen-bond donors (Lipinski definition) is 2. The zero-order valence-corrected chi connectivity index (χ0v) is 12.4. The largest absolute Gasteiger partial charge is 0.271 e. The van der Waals surface area contributed by atoms with E-state index in [1.807, 2.05) is 13.1 Å². The summed E-state index contributed by atoms with van der Waals surface area (Å²) in [5.41, 5.74) is 5.68. The van der Waals surface area contributed by atoms with Gasteiger partial charge in [0, 0.05) is 11.9 Å². The molecule has 3 N–H and O–H groups in total. The second-order valence-electron chi connectivity index (χ2n) is 6.50. The van der Waals surface area contributed by atoms with Crippen LogP contribution in [0.25, 0.3) is 0 Å². The zero-order chi connectivity index (χ0) is 13.9. The molecule has 0 spiro atoms. The Balaban J connectivity index is 2.29. The topological polar surface area (TPSA) is 50.9 Å². The first-order valence-corrected chi connectivity index (χ1v) is 7.46. The molecule has 2 rings (SSSR count). The van der Waals surface area contributed by atoms with Crippen LogP contribution in [0.2, 0.25) is 0 Å². The molecule has 0 saturated heterocycles. The van der Waals surface area contributed by atoms with Crippen LogP contribution in [0.1, 0.15) is 63.3 Å². The van der Waals surface area contributed by atoms with Crippen LogP contribution in [0.15, 0.2) is 18.3 Å². The maximum absolute atomic E-state index is 5.91. The molecule has 0 aromatic carbocycles. The lowest BCUT2D eigenvalue weighted by atomic mass is 9.71. The number of pyridine rings is 1. The summed E-state index contributed by atoms with van der Waals surface area (Å²) in [5, 5.41) is 0. The lowest BCUT2D eigenvalue weighted by Gasteiger charge is -2.39. The molecule has 3 nitrogen and oxygen atoms in total. The van der Waals surface area contributed by atoms with E-state index in [1.165, 1.54) is 37.7 Å². The molecule has 1 fully saturated rings. The number of nitrogens with two attached hydrogens (primary N) is 1. The number of rotatable bonds is 5. The summed E-state index contributed by atoms with van der Waals surface area (Å²) < 4.78 is 0. The van der Waals surface area contributed by atoms with Gasteiger partial charge in [0.1, 0.15) is 0 Å². The van der Waals surface area contributed by atoms with Crippen LogP contribution in [-0.2, 0) is 0 Å². The standard InChI is InChI=1S/C16H27N3/c1-12(2)10-16(8-4-5-9-16)15(19-17)14-7-6-13(3)18-11-14/h6-7,11-12,15,19H,4-5,8-10,17H2,1-3H3. The van der Waals surface area contributed by atoms with Crippen molar-refractivity contribution in [2.45, 2.75) is 58.9 Å². The fourth-order valence-corrected chi connectivity index (χ4v) is 3.78. The van der Waals surface area contributed by atoms with Crippen LogP contribution in [-0.4, -0.2) is 4.98 Å². The Morgan fingerprint density at radius 3 is 2.47 bits per heavy atom. The Morgan fingerprint density at radius 1 is 1.32 bits per heavy atom. The van der Waals surface area contributed by atoms with Crippen molar-refractivity contribution in [2.24, 2.45) is 17.2 Å². The number of hydrogen-bond acceptors (Lipinski definition) is 3. The number of aryl methyl sites for hydroxylation is 1. The normalized spacial score (nSPS) is 19.8. The molecule has 1 unspecified atom stereocenters. The van der Waals surface area contributed by atoms with Crippen molar-refractivity contribution < 1.29 is 0 Å². The van der Waals surface area contributed by atoms with E-state index in [-0.39, 0.29) is 6.04 Å². The minimum Gasteiger partial charge on any atom is -0.271 e. The molecule has 3 heteroatoms. The second kappa shape index (κ2) is 6.02. The highest BCUT2D eigenvalue weighted by molar-refractivity contribution is 5.20. The molecular formula is C16H27N3. The van der Waals surface area contributed by atoms with Crippen molar-refractivity contribution in [2.75, 3.05) is 0 Å². The number of aromatic nitrogens is 1. The second-order valence-corrected chi connectivity index (χ2v) is 6.50. The van der Waals surface area contributed by atoms with Gasteiger partial charge in [-0.1, -0.05) is 32.8 Å². The first-order chi connectivity index (χ1) is 9.07. The highest BCUT2D eigenvalue weighted by atomic mass is 15.2. The maximum atomic E-state index is 5.91. The monoisotopic (exact) mass is 261 g/mol. The van der Waals surface area contributed by atoms with Gasteiger partial charge in [-0.05, 0) is 49.1 Å². The summed E-state index contributed by atoms with van der Waals surface area (Å²) in [5.74, 6) is 6.61. The molecule has 1 saturated carbocycles. The Morgan fingerprint density at radius 2 is 2.00 bits per heavy atom. The van der Waals surface area contributed by atoms with Gasteiger partial charge < -0.3 is 0 Å². The van der Waals surface area contributed by atoms with Crippen LogP contribution in [0.4, 0.5) is 0 Å². The molecule has 106 valence electrons. The van der Waals surface area contributed by atoms with E-state index in [0.717, 1.165) is 5.69 Å². The quantitative estimate of drug-likeness (QED) is 0.630. The van der Waals surface area contributed by atoms with E-state index < -0.39 is 0 Å². The molecule has 1 aromatic rings. The molecule has 0 aliphatic heterocycles. The predicted octanol–water partition coefficient (Wildman–Crippen LogP) is 3.50. The minimum atomic E-state index is 0.227. The Bertz CT molecular complexity index is 391. The number of hydrazine groups is 1. The highest BCUT2D eigenvalue weighted by Gasteiger charge is 2.41. The van der Waals surface area contributed by atoms with E-state index in [1.54, 1.807) is 0 Å². The first kappa shape index (κ1) is 14.5. The van der Waals surface area contributed by atoms with Gasteiger partial charge in [-0.2, -0.15) is 0 Å². The SMILES string of the molecule is Cc1ccc(C(NN)C2(CC(C)C)CCCC2)cn1. The molecule has 19 heavy (non-hydrogen) atoms. The fraction of sp³-hybridized carbons (Fsp3) is 0.688. The Kier molecular flexibility index (Phi) is 4.58. The number of nitrogens with one attached hydrogen (secondary N) is 1. The van der Waals surface area contributed by atoms with E-state index in [9.17, 15) is 0 Å². The zero-order valence-electron chi connectivity index (χ0n) is 12.4. The smallest absolute Gasteiger partial charge is 0.0531 e. The van der Waals surface area contributed by atoms with Crippen molar-refractivity contribution in [1.82, 2.24) is 10.4 Å². The summed E-state index contributed by atoms with van der Waals surface area (Å²) in [7, 11) is 0. The molecular weight excluding hydrogens is 234 g/mol. The maximum Gasteiger partial charge on any atom is 0.0531 e. The lowest BCUT2D eigenvalue weighted by molar-refractivity contribution is 0.155. The van der Waals surface area contributed by atoms with Gasteiger partial charge in [0.05, 0.1) is 6.04 Å². The Labute approximate surface area is 117 Å². The number of nitrogens with zero attached hydrogens (tertiary/aromatic N) is 1. The van der Waals surface area contributed by atoms with Crippen molar-refractivity contribution in [3.8, 4) is 0 Å². The molecule has 1 aliphatic carbocycles. The Hall–Kier alpha value is -0.930. The summed E-state index contributed by atoms with van der Waals surface area (Å²) in [6.07, 6.45) is 8.41. The average molecular weight is 261 g/mol. The van der Waals surface area contributed by atoms with Gasteiger partial charge >= 0.3 is 0 Å². The molecule has 1 aliphatic rings. The summed E-state index contributed by atoms with van der Waals surface area (Å²) in [6.45, 7) is 6.64. The van der Waals surface area contributed by atoms with Crippen LogP contribution >= 0.6 is 0 Å². The van der Waals surface area contributed by atoms with Gasteiger partial charge in [-0.3, -0.25) is 16.3 Å². The average Bonchev–Trinajstić information content (AvgIpc) is 2.81. The summed E-state index contributed by atoms with van der Waals surface area (Å²) in [6, 6.07) is 4.48. The van der Waals surface area contributed by atoms with Crippen molar-refractivity contribution in [3.63, 3.8) is 0 Å². The third-order valence-electron chi connectivity index (χ3n) is 4.46. The summed E-state index contributed by atoms with van der Waals surface area (Å²) in [4.78, 5) is 4.43. The van der Waals surface area contributed by atoms with Gasteiger partial charge in [-0.15, -0.1) is 0 Å². The third kappa shape index (κ3) is 3.15. The van der Waals surface area contributed by atoms with Crippen LogP contribution in [0.5, 0.6) is 0 Å². The van der Waals surface area contributed by atoms with Crippen LogP contribution in [0, 0.1) is 18.3 Å². The van der Waals surface area contributed by atoms with Gasteiger partial charge in [-0.25, -0.2) is 0 Å². The van der Waals surface area contributed by atoms with E-state index in [2.05, 4.69) is 36.4 Å². The van der Waals surface area contributed by atoms with Gasteiger partial charge in [0.15, 0.2) is 0 Å². The molecule has 1 atom stereocenters.